The van der Waals surface area contributed by atoms with E-state index < -0.39 is 5.41 Å². The van der Waals surface area contributed by atoms with Crippen molar-refractivity contribution in [1.82, 2.24) is 9.97 Å². The number of nitrogens with zero attached hydrogens (tertiary/aromatic N) is 3. The third kappa shape index (κ3) is 1.92. The van der Waals surface area contributed by atoms with Crippen molar-refractivity contribution in [1.29, 1.82) is 0 Å². The fourth-order valence-electron chi connectivity index (χ4n) is 3.02. The van der Waals surface area contributed by atoms with Crippen LogP contribution in [0.1, 0.15) is 24.0 Å². The summed E-state index contributed by atoms with van der Waals surface area (Å²) >= 11 is 11.7. The van der Waals surface area contributed by atoms with E-state index in [1.165, 1.54) is 18.3 Å². The maximum absolute atomic E-state index is 13.6. The number of halogens is 3. The van der Waals surface area contributed by atoms with Gasteiger partial charge in [-0.3, -0.25) is 4.79 Å². The third-order valence-electron chi connectivity index (χ3n) is 4.28. The molecule has 2 aromatic rings. The van der Waals surface area contributed by atoms with E-state index in [2.05, 4.69) is 9.97 Å². The number of benzene rings is 1. The molecule has 1 saturated carbocycles. The Kier molecular flexibility index (Phi) is 2.93. The van der Waals surface area contributed by atoms with Crippen LogP contribution < -0.4 is 4.90 Å². The van der Waals surface area contributed by atoms with Crippen LogP contribution in [-0.4, -0.2) is 15.9 Å². The largest absolute Gasteiger partial charge is 0.307 e. The van der Waals surface area contributed by atoms with Crippen LogP contribution in [0.25, 0.3) is 0 Å². The fraction of sp³-hybridized carbons (Fsp3) is 0.267. The second-order valence-corrected chi connectivity index (χ2v) is 6.29. The number of carbonyl (C=O) groups is 1. The minimum Gasteiger partial charge on any atom is -0.307 e. The molecule has 0 radical (unpaired) electrons. The quantitative estimate of drug-likeness (QED) is 0.622. The number of hydrogen-bond acceptors (Lipinski definition) is 3. The van der Waals surface area contributed by atoms with Crippen LogP contribution >= 0.6 is 23.2 Å². The van der Waals surface area contributed by atoms with Crippen LogP contribution in [0.15, 0.2) is 24.4 Å². The van der Waals surface area contributed by atoms with Gasteiger partial charge < -0.3 is 4.90 Å². The zero-order valence-electron chi connectivity index (χ0n) is 11.3. The molecule has 0 bridgehead atoms. The van der Waals surface area contributed by atoms with Gasteiger partial charge in [0.1, 0.15) is 11.0 Å². The first-order chi connectivity index (χ1) is 10.5. The zero-order chi connectivity index (χ0) is 15.5. The fourth-order valence-corrected chi connectivity index (χ4v) is 3.39. The van der Waals surface area contributed by atoms with E-state index in [1.54, 1.807) is 11.0 Å². The molecule has 0 saturated heterocycles. The first-order valence-electron chi connectivity index (χ1n) is 6.80. The Balaban J connectivity index is 1.76. The number of fused-ring (bicyclic) bond motifs is 2. The number of aromatic nitrogens is 2. The predicted molar refractivity (Wildman–Crippen MR) is 80.6 cm³/mol. The number of anilines is 1. The lowest BCUT2D eigenvalue weighted by molar-refractivity contribution is -0.120. The van der Waals surface area contributed by atoms with Crippen LogP contribution in [0.3, 0.4) is 0 Å². The molecule has 1 fully saturated rings. The molecule has 1 amide bonds. The number of carbonyl (C=O) groups excluding carboxylic acids is 1. The van der Waals surface area contributed by atoms with E-state index in [1.807, 2.05) is 0 Å². The summed E-state index contributed by atoms with van der Waals surface area (Å²) in [4.78, 5) is 22.1. The molecule has 7 heteroatoms. The molecule has 4 nitrogen and oxygen atoms in total. The van der Waals surface area contributed by atoms with Crippen molar-refractivity contribution >= 4 is 34.8 Å². The summed E-state index contributed by atoms with van der Waals surface area (Å²) < 4.78 is 13.6. The van der Waals surface area contributed by atoms with E-state index in [0.29, 0.717) is 11.3 Å². The Hall–Kier alpha value is -1.72. The summed E-state index contributed by atoms with van der Waals surface area (Å²) in [7, 11) is 0. The van der Waals surface area contributed by atoms with Gasteiger partial charge in [0, 0.05) is 11.8 Å². The van der Waals surface area contributed by atoms with Gasteiger partial charge in [-0.1, -0.05) is 17.7 Å². The van der Waals surface area contributed by atoms with Crippen molar-refractivity contribution in [3.8, 4) is 0 Å². The van der Waals surface area contributed by atoms with E-state index in [4.69, 9.17) is 23.2 Å². The normalized spacial score (nSPS) is 18.0. The van der Waals surface area contributed by atoms with Gasteiger partial charge in [0.15, 0.2) is 0 Å². The summed E-state index contributed by atoms with van der Waals surface area (Å²) in [5.41, 5.74) is 1.61. The van der Waals surface area contributed by atoms with Crippen LogP contribution in [0, 0.1) is 5.82 Å². The average Bonchev–Trinajstić information content (AvgIpc) is 3.23. The molecule has 2 heterocycles. The SMILES string of the molecule is O=C1N(Cc2cnc(Cl)nc2Cl)c2cc(F)ccc2C12CC2. The molecule has 2 aliphatic rings. The molecule has 0 atom stereocenters. The summed E-state index contributed by atoms with van der Waals surface area (Å²) in [5, 5.41) is 0.245. The van der Waals surface area contributed by atoms with Gasteiger partial charge in [0.25, 0.3) is 0 Å². The highest BCUT2D eigenvalue weighted by atomic mass is 35.5. The monoisotopic (exact) mass is 337 g/mol. The van der Waals surface area contributed by atoms with E-state index in [-0.39, 0.29) is 28.7 Å². The average molecular weight is 338 g/mol. The molecule has 1 aromatic carbocycles. The maximum Gasteiger partial charge on any atom is 0.238 e. The van der Waals surface area contributed by atoms with Gasteiger partial charge in [-0.05, 0) is 42.1 Å². The first kappa shape index (κ1) is 13.9. The second-order valence-electron chi connectivity index (χ2n) is 5.59. The second kappa shape index (κ2) is 4.64. The summed E-state index contributed by atoms with van der Waals surface area (Å²) in [5.74, 6) is -0.383. The molecule has 4 rings (SSSR count). The molecule has 22 heavy (non-hydrogen) atoms. The highest BCUT2D eigenvalue weighted by Gasteiger charge is 2.59. The lowest BCUT2D eigenvalue weighted by atomic mass is 9.98. The summed E-state index contributed by atoms with van der Waals surface area (Å²) in [6, 6.07) is 4.49. The Morgan fingerprint density at radius 3 is 2.77 bits per heavy atom. The van der Waals surface area contributed by atoms with Gasteiger partial charge in [-0.25, -0.2) is 14.4 Å². The van der Waals surface area contributed by atoms with Crippen molar-refractivity contribution in [3.05, 3.63) is 51.8 Å². The van der Waals surface area contributed by atoms with E-state index in [0.717, 1.165) is 18.4 Å². The summed E-state index contributed by atoms with van der Waals surface area (Å²) in [6.45, 7) is 0.201. The molecule has 1 aromatic heterocycles. The number of amides is 1. The van der Waals surface area contributed by atoms with Crippen molar-refractivity contribution < 1.29 is 9.18 Å². The van der Waals surface area contributed by atoms with Gasteiger partial charge in [-0.15, -0.1) is 0 Å². The molecule has 0 unspecified atom stereocenters. The van der Waals surface area contributed by atoms with Gasteiger partial charge in [0.05, 0.1) is 17.6 Å². The maximum atomic E-state index is 13.6. The first-order valence-corrected chi connectivity index (χ1v) is 7.56. The Morgan fingerprint density at radius 2 is 2.09 bits per heavy atom. The standard InChI is InChI=1S/C15H10Cl2FN3O/c16-12-8(6-19-14(17)20-12)7-21-11-5-9(18)1-2-10(11)15(3-4-15)13(21)22/h1-2,5-6H,3-4,7H2. The van der Waals surface area contributed by atoms with Gasteiger partial charge in [0.2, 0.25) is 11.2 Å². The Bertz CT molecular complexity index is 807. The minimum absolute atomic E-state index is 0.0147. The molecular weight excluding hydrogens is 328 g/mol. The Labute approximate surface area is 135 Å². The number of rotatable bonds is 2. The zero-order valence-corrected chi connectivity index (χ0v) is 12.8. The van der Waals surface area contributed by atoms with Gasteiger partial charge in [-0.2, -0.15) is 0 Å². The highest BCUT2D eigenvalue weighted by Crippen LogP contribution is 2.57. The van der Waals surface area contributed by atoms with Crippen molar-refractivity contribution in [2.75, 3.05) is 4.90 Å². The molecule has 0 N–H and O–H groups in total. The Morgan fingerprint density at radius 1 is 1.32 bits per heavy atom. The lowest BCUT2D eigenvalue weighted by Crippen LogP contribution is -2.31. The lowest BCUT2D eigenvalue weighted by Gasteiger charge is -2.18. The van der Waals surface area contributed by atoms with E-state index in [9.17, 15) is 9.18 Å². The van der Waals surface area contributed by atoms with Crippen LogP contribution in [-0.2, 0) is 16.8 Å². The van der Waals surface area contributed by atoms with Crippen LogP contribution in [0.5, 0.6) is 0 Å². The predicted octanol–water partition coefficient (Wildman–Crippen LogP) is 3.50. The topological polar surface area (TPSA) is 46.1 Å². The molecular formula is C15H10Cl2FN3O. The van der Waals surface area contributed by atoms with Gasteiger partial charge >= 0.3 is 0 Å². The van der Waals surface area contributed by atoms with Crippen molar-refractivity contribution in [2.24, 2.45) is 0 Å². The summed E-state index contributed by atoms with van der Waals surface area (Å²) in [6.07, 6.45) is 3.08. The smallest absolute Gasteiger partial charge is 0.238 e. The molecule has 112 valence electrons. The van der Waals surface area contributed by atoms with E-state index >= 15 is 0 Å². The third-order valence-corrected chi connectivity index (χ3v) is 4.79. The molecule has 1 aliphatic heterocycles. The van der Waals surface area contributed by atoms with Crippen molar-refractivity contribution in [2.45, 2.75) is 24.8 Å². The minimum atomic E-state index is -0.469. The highest BCUT2D eigenvalue weighted by molar-refractivity contribution is 6.32. The van der Waals surface area contributed by atoms with Crippen molar-refractivity contribution in [3.63, 3.8) is 0 Å². The van der Waals surface area contributed by atoms with Crippen LogP contribution in [0.4, 0.5) is 10.1 Å². The molecule has 1 spiro atoms. The number of hydrogen-bond donors (Lipinski definition) is 0. The molecule has 1 aliphatic carbocycles. The van der Waals surface area contributed by atoms with Crippen LogP contribution in [0.2, 0.25) is 10.4 Å².